The number of aryl methyl sites for hydroxylation is 2. The van der Waals surface area contributed by atoms with Crippen molar-refractivity contribution in [2.75, 3.05) is 0 Å². The van der Waals surface area contributed by atoms with Crippen LogP contribution in [0.1, 0.15) is 21.6 Å². The first-order valence-electron chi connectivity index (χ1n) is 6.77. The van der Waals surface area contributed by atoms with Crippen molar-refractivity contribution in [3.8, 4) is 0 Å². The van der Waals surface area contributed by atoms with Crippen LogP contribution < -0.4 is 0 Å². The number of aromatic nitrogens is 2. The van der Waals surface area contributed by atoms with Gasteiger partial charge in [0.15, 0.2) is 5.78 Å². The van der Waals surface area contributed by atoms with E-state index in [0.29, 0.717) is 6.42 Å². The second-order valence-electron chi connectivity index (χ2n) is 5.12. The number of ketones is 1. The molecular formula is C17H15IN2O. The van der Waals surface area contributed by atoms with Gasteiger partial charge in [0.2, 0.25) is 0 Å². The summed E-state index contributed by atoms with van der Waals surface area (Å²) >= 11 is 2.24. The van der Waals surface area contributed by atoms with Gasteiger partial charge in [-0.3, -0.25) is 9.48 Å². The monoisotopic (exact) mass is 390 g/mol. The van der Waals surface area contributed by atoms with E-state index < -0.39 is 0 Å². The molecule has 0 spiro atoms. The molecule has 0 aliphatic carbocycles. The quantitative estimate of drug-likeness (QED) is 0.502. The third-order valence-corrected chi connectivity index (χ3v) is 5.09. The zero-order valence-electron chi connectivity index (χ0n) is 11.9. The predicted molar refractivity (Wildman–Crippen MR) is 92.6 cm³/mol. The van der Waals surface area contributed by atoms with E-state index in [1.54, 1.807) is 0 Å². The highest BCUT2D eigenvalue weighted by Crippen LogP contribution is 2.22. The number of nitrogens with zero attached hydrogens (tertiary/aromatic N) is 2. The molecule has 0 bridgehead atoms. The summed E-state index contributed by atoms with van der Waals surface area (Å²) in [5, 5.41) is 5.55. The highest BCUT2D eigenvalue weighted by molar-refractivity contribution is 14.1. The van der Waals surface area contributed by atoms with Gasteiger partial charge in [-0.25, -0.2) is 0 Å². The van der Waals surface area contributed by atoms with Crippen LogP contribution in [0.25, 0.3) is 10.9 Å². The summed E-state index contributed by atoms with van der Waals surface area (Å²) in [5.74, 6) is 0.118. The molecule has 0 aliphatic heterocycles. The fraction of sp³-hybridized carbons (Fsp3) is 0.176. The van der Waals surface area contributed by atoms with Crippen LogP contribution >= 0.6 is 22.6 Å². The molecule has 0 saturated heterocycles. The Hall–Kier alpha value is -1.69. The van der Waals surface area contributed by atoms with Gasteiger partial charge in [-0.1, -0.05) is 36.4 Å². The van der Waals surface area contributed by atoms with E-state index in [1.807, 2.05) is 61.1 Å². The summed E-state index contributed by atoms with van der Waals surface area (Å²) in [5.41, 5.74) is 3.81. The zero-order valence-corrected chi connectivity index (χ0v) is 14.1. The maximum atomic E-state index is 12.6. The van der Waals surface area contributed by atoms with E-state index in [-0.39, 0.29) is 5.78 Å². The lowest BCUT2D eigenvalue weighted by atomic mass is 10.0. The summed E-state index contributed by atoms with van der Waals surface area (Å²) in [4.78, 5) is 12.6. The zero-order chi connectivity index (χ0) is 15.0. The Labute approximate surface area is 137 Å². The van der Waals surface area contributed by atoms with Crippen LogP contribution in [0.15, 0.2) is 42.5 Å². The average Bonchev–Trinajstić information content (AvgIpc) is 2.79. The van der Waals surface area contributed by atoms with Crippen LogP contribution in [0.4, 0.5) is 0 Å². The van der Waals surface area contributed by atoms with Gasteiger partial charge < -0.3 is 0 Å². The number of carbonyl (C=O) groups excluding carboxylic acids is 1. The molecule has 0 unspecified atom stereocenters. The lowest BCUT2D eigenvalue weighted by molar-refractivity contribution is 0.0991. The summed E-state index contributed by atoms with van der Waals surface area (Å²) < 4.78 is 2.86. The molecule has 0 radical (unpaired) electrons. The summed E-state index contributed by atoms with van der Waals surface area (Å²) in [6.45, 7) is 2.02. The van der Waals surface area contributed by atoms with Crippen LogP contribution in [0.5, 0.6) is 0 Å². The number of hydrogen-bond acceptors (Lipinski definition) is 2. The highest BCUT2D eigenvalue weighted by atomic mass is 127. The van der Waals surface area contributed by atoms with Gasteiger partial charge in [-0.2, -0.15) is 5.10 Å². The van der Waals surface area contributed by atoms with Crippen molar-refractivity contribution in [1.29, 1.82) is 0 Å². The van der Waals surface area contributed by atoms with Crippen molar-refractivity contribution in [3.63, 3.8) is 0 Å². The van der Waals surface area contributed by atoms with Gasteiger partial charge in [0, 0.05) is 21.6 Å². The van der Waals surface area contributed by atoms with Crippen LogP contribution in [0, 0.1) is 10.5 Å². The Morgan fingerprint density at radius 1 is 1.19 bits per heavy atom. The molecule has 1 aromatic heterocycles. The molecule has 0 saturated carbocycles. The lowest BCUT2D eigenvalue weighted by Gasteiger charge is -2.05. The Bertz CT molecular complexity index is 836. The smallest absolute Gasteiger partial charge is 0.169 e. The molecular weight excluding hydrogens is 375 g/mol. The number of hydrogen-bond donors (Lipinski definition) is 0. The number of Topliss-reactive ketones (excluding diaryl/α,β-unsaturated/α-hetero) is 1. The minimum absolute atomic E-state index is 0.118. The van der Waals surface area contributed by atoms with Gasteiger partial charge in [0.05, 0.1) is 17.6 Å². The largest absolute Gasteiger partial charge is 0.294 e. The molecule has 3 nitrogen and oxygen atoms in total. The van der Waals surface area contributed by atoms with Gasteiger partial charge in [-0.15, -0.1) is 0 Å². The third kappa shape index (κ3) is 2.60. The third-order valence-electron chi connectivity index (χ3n) is 3.65. The first kappa shape index (κ1) is 14.3. The number of para-hydroxylation sites is 1. The van der Waals surface area contributed by atoms with Crippen molar-refractivity contribution in [2.24, 2.45) is 7.05 Å². The summed E-state index contributed by atoms with van der Waals surface area (Å²) in [7, 11) is 1.91. The molecule has 0 aliphatic rings. The summed E-state index contributed by atoms with van der Waals surface area (Å²) in [6.07, 6.45) is 0.334. The molecule has 0 N–H and O–H groups in total. The fourth-order valence-electron chi connectivity index (χ4n) is 2.53. The Kier molecular flexibility index (Phi) is 3.80. The van der Waals surface area contributed by atoms with Crippen molar-refractivity contribution in [1.82, 2.24) is 9.78 Å². The van der Waals surface area contributed by atoms with E-state index in [2.05, 4.69) is 27.7 Å². The fourth-order valence-corrected chi connectivity index (χ4v) is 3.19. The number of carbonyl (C=O) groups is 1. The molecule has 4 heteroatoms. The Morgan fingerprint density at radius 2 is 1.95 bits per heavy atom. The molecule has 21 heavy (non-hydrogen) atoms. The highest BCUT2D eigenvalue weighted by Gasteiger charge is 2.16. The van der Waals surface area contributed by atoms with E-state index in [0.717, 1.165) is 31.3 Å². The molecule has 2 aromatic carbocycles. The van der Waals surface area contributed by atoms with Crippen molar-refractivity contribution < 1.29 is 4.79 Å². The van der Waals surface area contributed by atoms with E-state index in [4.69, 9.17) is 0 Å². The second-order valence-corrected chi connectivity index (χ2v) is 6.20. The van der Waals surface area contributed by atoms with Crippen LogP contribution in [-0.2, 0) is 13.5 Å². The van der Waals surface area contributed by atoms with E-state index >= 15 is 0 Å². The number of benzene rings is 2. The van der Waals surface area contributed by atoms with Crippen molar-refractivity contribution in [3.05, 3.63) is 62.9 Å². The van der Waals surface area contributed by atoms with Crippen LogP contribution in [0.2, 0.25) is 0 Å². The maximum absolute atomic E-state index is 12.6. The molecule has 0 atom stereocenters. The lowest BCUT2D eigenvalue weighted by Crippen LogP contribution is -2.07. The van der Waals surface area contributed by atoms with Crippen molar-refractivity contribution >= 4 is 39.3 Å². The second kappa shape index (κ2) is 5.60. The maximum Gasteiger partial charge on any atom is 0.169 e. The predicted octanol–water partition coefficient (Wildman–Crippen LogP) is 3.91. The van der Waals surface area contributed by atoms with Crippen molar-refractivity contribution in [2.45, 2.75) is 13.3 Å². The number of rotatable bonds is 3. The minimum atomic E-state index is 0.118. The first-order valence-corrected chi connectivity index (χ1v) is 7.84. The van der Waals surface area contributed by atoms with E-state index in [9.17, 15) is 4.79 Å². The van der Waals surface area contributed by atoms with Gasteiger partial charge >= 0.3 is 0 Å². The molecule has 3 aromatic rings. The molecule has 0 fully saturated rings. The van der Waals surface area contributed by atoms with Crippen LogP contribution in [-0.4, -0.2) is 15.6 Å². The standard InChI is InChI=1S/C17H15IN2O/c1-11-6-5-8-13(17(11)18)16(21)10-14-12-7-3-4-9-15(12)20(2)19-14/h3-9H,10H2,1-2H3. The Balaban J connectivity index is 1.99. The molecule has 3 rings (SSSR count). The van der Waals surface area contributed by atoms with E-state index in [1.165, 1.54) is 0 Å². The number of fused-ring (bicyclic) bond motifs is 1. The van der Waals surface area contributed by atoms with Gasteiger partial charge in [-0.05, 0) is 41.1 Å². The molecule has 1 heterocycles. The molecule has 106 valence electrons. The average molecular weight is 390 g/mol. The minimum Gasteiger partial charge on any atom is -0.294 e. The van der Waals surface area contributed by atoms with Gasteiger partial charge in [0.1, 0.15) is 0 Å². The Morgan fingerprint density at radius 3 is 2.76 bits per heavy atom. The number of halogens is 1. The van der Waals surface area contributed by atoms with Gasteiger partial charge in [0.25, 0.3) is 0 Å². The SMILES string of the molecule is Cc1cccc(C(=O)Cc2nn(C)c3ccccc23)c1I. The molecule has 0 amide bonds. The normalized spacial score (nSPS) is 11.0. The van der Waals surface area contributed by atoms with Crippen LogP contribution in [0.3, 0.4) is 0 Å². The summed E-state index contributed by atoms with van der Waals surface area (Å²) in [6, 6.07) is 13.9. The topological polar surface area (TPSA) is 34.9 Å². The first-order chi connectivity index (χ1) is 10.1.